The molecule has 0 spiro atoms. The highest BCUT2D eigenvalue weighted by Gasteiger charge is 2.21. The van der Waals surface area contributed by atoms with E-state index in [9.17, 15) is 0 Å². The lowest BCUT2D eigenvalue weighted by molar-refractivity contribution is 0.515. The first-order valence-electron chi connectivity index (χ1n) is 6.86. The minimum absolute atomic E-state index is 0.760. The zero-order valence-corrected chi connectivity index (χ0v) is 14.7. The van der Waals surface area contributed by atoms with Crippen molar-refractivity contribution in [2.45, 2.75) is 39.0 Å². The summed E-state index contributed by atoms with van der Waals surface area (Å²) in [6, 6.07) is 10.0. The summed E-state index contributed by atoms with van der Waals surface area (Å²) in [5.74, 6) is 0.760. The third-order valence-corrected chi connectivity index (χ3v) is 5.63. The summed E-state index contributed by atoms with van der Waals surface area (Å²) >= 11 is 3.66. The second-order valence-corrected chi connectivity index (χ2v) is 12.6. The monoisotopic (exact) mass is 327 g/mol. The lowest BCUT2D eigenvalue weighted by atomic mass is 10.0. The number of hydrogen-bond acceptors (Lipinski definition) is 1. The summed E-state index contributed by atoms with van der Waals surface area (Å²) in [7, 11) is -0.997. The third-order valence-electron chi connectivity index (χ3n) is 3.05. The van der Waals surface area contributed by atoms with E-state index in [1.807, 2.05) is 0 Å². The molecule has 0 heterocycles. The second-order valence-electron chi connectivity index (χ2n) is 6.23. The predicted molar refractivity (Wildman–Crippen MR) is 88.0 cm³/mol. The molecule has 1 unspecified atom stereocenters. The highest BCUT2D eigenvalue weighted by atomic mass is 79.9. The maximum atomic E-state index is 3.66. The Labute approximate surface area is 122 Å². The van der Waals surface area contributed by atoms with Crippen LogP contribution in [0.5, 0.6) is 0 Å². The summed E-state index contributed by atoms with van der Waals surface area (Å²) in [6.07, 6.45) is 1.18. The molecule has 1 nitrogen and oxygen atoms in total. The van der Waals surface area contributed by atoms with Gasteiger partial charge in [-0.2, -0.15) is 0 Å². The average Bonchev–Trinajstić information content (AvgIpc) is 2.27. The molecular weight excluding hydrogens is 302 g/mol. The molecule has 0 radical (unpaired) electrons. The van der Waals surface area contributed by atoms with Gasteiger partial charge in [0.1, 0.15) is 0 Å². The summed E-state index contributed by atoms with van der Waals surface area (Å²) < 4.78 is 1.25. The molecule has 3 heteroatoms. The Hall–Kier alpha value is -0.123. The molecule has 0 aromatic heterocycles. The van der Waals surface area contributed by atoms with Crippen molar-refractivity contribution in [2.75, 3.05) is 13.1 Å². The largest absolute Gasteiger partial charge is 0.317 e. The summed E-state index contributed by atoms with van der Waals surface area (Å²) in [5, 5.41) is 3.52. The molecule has 18 heavy (non-hydrogen) atoms. The van der Waals surface area contributed by atoms with E-state index >= 15 is 0 Å². The van der Waals surface area contributed by atoms with Gasteiger partial charge in [-0.05, 0) is 37.1 Å². The lowest BCUT2D eigenvalue weighted by Crippen LogP contribution is -2.31. The van der Waals surface area contributed by atoms with E-state index in [0.717, 1.165) is 19.0 Å². The van der Waals surface area contributed by atoms with Gasteiger partial charge in [-0.15, -0.1) is 0 Å². The summed E-state index contributed by atoms with van der Waals surface area (Å²) in [4.78, 5) is 0. The Balaban J connectivity index is 2.69. The SMILES string of the molecule is CCNCC(Cc1ccccc1Br)C[Si](C)(C)C. The molecule has 0 fully saturated rings. The van der Waals surface area contributed by atoms with Crippen LogP contribution in [0.2, 0.25) is 25.7 Å². The van der Waals surface area contributed by atoms with Crippen molar-refractivity contribution in [2.24, 2.45) is 5.92 Å². The van der Waals surface area contributed by atoms with Crippen LogP contribution in [0.3, 0.4) is 0 Å². The fourth-order valence-electron chi connectivity index (χ4n) is 2.41. The van der Waals surface area contributed by atoms with E-state index in [2.05, 4.69) is 72.1 Å². The van der Waals surface area contributed by atoms with Crippen LogP contribution in [0.4, 0.5) is 0 Å². The van der Waals surface area contributed by atoms with Crippen LogP contribution >= 0.6 is 15.9 Å². The molecule has 1 N–H and O–H groups in total. The highest BCUT2D eigenvalue weighted by molar-refractivity contribution is 9.10. The molecule has 1 rings (SSSR count). The minimum atomic E-state index is -0.997. The normalized spacial score (nSPS) is 13.6. The molecule has 0 saturated heterocycles. The van der Waals surface area contributed by atoms with E-state index in [4.69, 9.17) is 0 Å². The molecule has 1 aromatic carbocycles. The van der Waals surface area contributed by atoms with Gasteiger partial charge in [0.25, 0.3) is 0 Å². The topological polar surface area (TPSA) is 12.0 Å². The van der Waals surface area contributed by atoms with Crippen molar-refractivity contribution < 1.29 is 0 Å². The van der Waals surface area contributed by atoms with E-state index in [-0.39, 0.29) is 0 Å². The fraction of sp³-hybridized carbons (Fsp3) is 0.600. The van der Waals surface area contributed by atoms with Crippen LogP contribution in [0.1, 0.15) is 12.5 Å². The first-order chi connectivity index (χ1) is 8.42. The van der Waals surface area contributed by atoms with Crippen LogP contribution in [0, 0.1) is 5.92 Å². The molecular formula is C15H26BrNSi. The maximum absolute atomic E-state index is 3.66. The Morgan fingerprint density at radius 3 is 2.44 bits per heavy atom. The number of nitrogens with one attached hydrogen (secondary N) is 1. The van der Waals surface area contributed by atoms with Crippen molar-refractivity contribution in [1.82, 2.24) is 5.32 Å². The molecule has 1 atom stereocenters. The van der Waals surface area contributed by atoms with Crippen LogP contribution in [-0.4, -0.2) is 21.2 Å². The van der Waals surface area contributed by atoms with E-state index < -0.39 is 8.07 Å². The first-order valence-corrected chi connectivity index (χ1v) is 11.4. The molecule has 102 valence electrons. The number of benzene rings is 1. The zero-order valence-electron chi connectivity index (χ0n) is 12.1. The van der Waals surface area contributed by atoms with Gasteiger partial charge >= 0.3 is 0 Å². The minimum Gasteiger partial charge on any atom is -0.317 e. The Morgan fingerprint density at radius 1 is 1.22 bits per heavy atom. The van der Waals surface area contributed by atoms with Crippen molar-refractivity contribution in [1.29, 1.82) is 0 Å². The molecule has 0 aliphatic rings. The fourth-order valence-corrected chi connectivity index (χ4v) is 4.87. The molecule has 0 amide bonds. The van der Waals surface area contributed by atoms with Gasteiger partial charge in [-0.3, -0.25) is 0 Å². The van der Waals surface area contributed by atoms with Gasteiger partial charge in [0.05, 0.1) is 0 Å². The number of rotatable bonds is 7. The second kappa shape index (κ2) is 7.46. The van der Waals surface area contributed by atoms with Crippen molar-refractivity contribution in [3.63, 3.8) is 0 Å². The van der Waals surface area contributed by atoms with E-state index in [0.29, 0.717) is 0 Å². The predicted octanol–water partition coefficient (Wildman–Crippen LogP) is 4.56. The van der Waals surface area contributed by atoms with Crippen LogP contribution < -0.4 is 5.32 Å². The molecule has 0 aliphatic carbocycles. The molecule has 1 aromatic rings. The van der Waals surface area contributed by atoms with Gasteiger partial charge in [0, 0.05) is 12.5 Å². The van der Waals surface area contributed by atoms with Crippen molar-refractivity contribution >= 4 is 24.0 Å². The zero-order chi connectivity index (χ0) is 13.6. The van der Waals surface area contributed by atoms with Crippen molar-refractivity contribution in [3.8, 4) is 0 Å². The average molecular weight is 328 g/mol. The van der Waals surface area contributed by atoms with Crippen LogP contribution in [0.25, 0.3) is 0 Å². The smallest absolute Gasteiger partial charge is 0.0446 e. The van der Waals surface area contributed by atoms with E-state index in [1.165, 1.54) is 22.5 Å². The van der Waals surface area contributed by atoms with Crippen LogP contribution in [0.15, 0.2) is 28.7 Å². The van der Waals surface area contributed by atoms with Gasteiger partial charge in [-0.1, -0.05) is 66.7 Å². The summed E-state index contributed by atoms with van der Waals surface area (Å²) in [5.41, 5.74) is 1.44. The van der Waals surface area contributed by atoms with Crippen LogP contribution in [-0.2, 0) is 6.42 Å². The third kappa shape index (κ3) is 6.16. The van der Waals surface area contributed by atoms with Gasteiger partial charge in [-0.25, -0.2) is 0 Å². The Morgan fingerprint density at radius 2 is 1.89 bits per heavy atom. The standard InChI is InChI=1S/C15H26BrNSi/c1-5-17-11-13(12-18(2,3)4)10-14-8-6-7-9-15(14)16/h6-9,13,17H,5,10-12H2,1-4H3. The Bertz CT molecular complexity index is 360. The lowest BCUT2D eigenvalue weighted by Gasteiger charge is -2.25. The number of hydrogen-bond donors (Lipinski definition) is 1. The highest BCUT2D eigenvalue weighted by Crippen LogP contribution is 2.24. The van der Waals surface area contributed by atoms with Gasteiger partial charge in [0.2, 0.25) is 0 Å². The Kier molecular flexibility index (Phi) is 6.61. The maximum Gasteiger partial charge on any atom is 0.0446 e. The molecule has 0 bridgehead atoms. The number of halogens is 1. The first kappa shape index (κ1) is 15.9. The molecule has 0 aliphatic heterocycles. The van der Waals surface area contributed by atoms with Gasteiger partial charge in [0.15, 0.2) is 0 Å². The van der Waals surface area contributed by atoms with Gasteiger partial charge < -0.3 is 5.32 Å². The quantitative estimate of drug-likeness (QED) is 0.724. The van der Waals surface area contributed by atoms with E-state index in [1.54, 1.807) is 0 Å². The van der Waals surface area contributed by atoms with Crippen molar-refractivity contribution in [3.05, 3.63) is 34.3 Å². The molecule has 0 saturated carbocycles. The summed E-state index contributed by atoms with van der Waals surface area (Å²) in [6.45, 7) is 11.8.